The maximum atomic E-state index is 11.6. The predicted octanol–water partition coefficient (Wildman–Crippen LogP) is 2.55. The van der Waals surface area contributed by atoms with Gasteiger partial charge >= 0.3 is 0 Å². The minimum Gasteiger partial charge on any atom is -0.353 e. The highest BCUT2D eigenvalue weighted by Gasteiger charge is 2.44. The van der Waals surface area contributed by atoms with Crippen LogP contribution in [0.15, 0.2) is 24.3 Å². The summed E-state index contributed by atoms with van der Waals surface area (Å²) in [7, 11) is 0. The van der Waals surface area contributed by atoms with Crippen molar-refractivity contribution >= 4 is 5.91 Å². The summed E-state index contributed by atoms with van der Waals surface area (Å²) in [6, 6.07) is 8.81. The van der Waals surface area contributed by atoms with Gasteiger partial charge in [-0.25, -0.2) is 0 Å². The van der Waals surface area contributed by atoms with Crippen molar-refractivity contribution in [1.82, 2.24) is 5.32 Å². The molecule has 1 heterocycles. The van der Waals surface area contributed by atoms with E-state index in [1.54, 1.807) is 0 Å². The molecule has 86 valence electrons. The van der Waals surface area contributed by atoms with Crippen LogP contribution in [-0.2, 0) is 10.2 Å². The first kappa shape index (κ1) is 11.2. The molecule has 2 heteroatoms. The van der Waals surface area contributed by atoms with E-state index in [2.05, 4.69) is 50.4 Å². The Balaban J connectivity index is 2.42. The second-order valence-electron chi connectivity index (χ2n) is 4.84. The van der Waals surface area contributed by atoms with Crippen molar-refractivity contribution in [1.29, 1.82) is 0 Å². The van der Waals surface area contributed by atoms with Crippen molar-refractivity contribution in [3.63, 3.8) is 0 Å². The van der Waals surface area contributed by atoms with Crippen LogP contribution in [-0.4, -0.2) is 11.9 Å². The maximum absolute atomic E-state index is 11.6. The normalized spacial score (nSPS) is 29.2. The average Bonchev–Trinajstić information content (AvgIpc) is 2.55. The zero-order valence-corrected chi connectivity index (χ0v) is 10.2. The topological polar surface area (TPSA) is 29.1 Å². The summed E-state index contributed by atoms with van der Waals surface area (Å²) in [6.07, 6.45) is 1.61. The van der Waals surface area contributed by atoms with Crippen LogP contribution in [0.2, 0.25) is 0 Å². The summed E-state index contributed by atoms with van der Waals surface area (Å²) in [5, 5.41) is 3.03. The molecule has 1 saturated heterocycles. The Hall–Kier alpha value is -1.31. The number of hydrogen-bond donors (Lipinski definition) is 1. The Morgan fingerprint density at radius 2 is 2.00 bits per heavy atom. The third-order valence-electron chi connectivity index (χ3n) is 3.94. The molecule has 1 aliphatic rings. The Morgan fingerprint density at radius 3 is 2.44 bits per heavy atom. The largest absolute Gasteiger partial charge is 0.353 e. The lowest BCUT2D eigenvalue weighted by atomic mass is 9.72. The Morgan fingerprint density at radius 1 is 1.38 bits per heavy atom. The Kier molecular flexibility index (Phi) is 2.75. The minimum atomic E-state index is -0.00914. The van der Waals surface area contributed by atoms with Gasteiger partial charge in [-0.1, -0.05) is 36.8 Å². The molecule has 2 atom stereocenters. The second kappa shape index (κ2) is 3.93. The summed E-state index contributed by atoms with van der Waals surface area (Å²) >= 11 is 0. The SMILES string of the molecule is CCC1(c2ccc(C)cc2)CC(=O)NC1C. The van der Waals surface area contributed by atoms with Gasteiger partial charge in [0.25, 0.3) is 0 Å². The molecule has 1 N–H and O–H groups in total. The molecule has 1 aliphatic heterocycles. The minimum absolute atomic E-state index is 0.00914. The van der Waals surface area contributed by atoms with Gasteiger partial charge in [0.2, 0.25) is 5.91 Å². The average molecular weight is 217 g/mol. The molecule has 2 rings (SSSR count). The first-order chi connectivity index (χ1) is 7.58. The van der Waals surface area contributed by atoms with Gasteiger partial charge in [-0.3, -0.25) is 4.79 Å². The molecule has 1 aromatic carbocycles. The number of aryl methyl sites for hydroxylation is 1. The lowest BCUT2D eigenvalue weighted by Gasteiger charge is -2.31. The van der Waals surface area contributed by atoms with Crippen molar-refractivity contribution in [2.45, 2.75) is 45.1 Å². The molecule has 0 spiro atoms. The monoisotopic (exact) mass is 217 g/mol. The van der Waals surface area contributed by atoms with Crippen LogP contribution in [0.25, 0.3) is 0 Å². The van der Waals surface area contributed by atoms with Crippen LogP contribution >= 0.6 is 0 Å². The van der Waals surface area contributed by atoms with E-state index in [1.807, 2.05) is 0 Å². The van der Waals surface area contributed by atoms with Crippen molar-refractivity contribution in [2.75, 3.05) is 0 Å². The number of amides is 1. The third-order valence-corrected chi connectivity index (χ3v) is 3.94. The number of carbonyl (C=O) groups excluding carboxylic acids is 1. The quantitative estimate of drug-likeness (QED) is 0.810. The van der Waals surface area contributed by atoms with Gasteiger partial charge in [0, 0.05) is 17.9 Å². The highest BCUT2D eigenvalue weighted by molar-refractivity contribution is 5.81. The summed E-state index contributed by atoms with van der Waals surface area (Å²) in [4.78, 5) is 11.6. The van der Waals surface area contributed by atoms with Crippen molar-refractivity contribution in [3.05, 3.63) is 35.4 Å². The molecular formula is C14H19NO. The summed E-state index contributed by atoms with van der Waals surface area (Å²) < 4.78 is 0. The maximum Gasteiger partial charge on any atom is 0.221 e. The molecule has 1 aromatic rings. The van der Waals surface area contributed by atoms with E-state index in [4.69, 9.17) is 0 Å². The molecule has 1 fully saturated rings. The van der Waals surface area contributed by atoms with Gasteiger partial charge in [0.15, 0.2) is 0 Å². The van der Waals surface area contributed by atoms with E-state index in [0.717, 1.165) is 6.42 Å². The van der Waals surface area contributed by atoms with Gasteiger partial charge in [-0.15, -0.1) is 0 Å². The van der Waals surface area contributed by atoms with E-state index in [0.29, 0.717) is 6.42 Å². The van der Waals surface area contributed by atoms with Crippen molar-refractivity contribution in [2.24, 2.45) is 0 Å². The molecule has 2 nitrogen and oxygen atoms in total. The van der Waals surface area contributed by atoms with Crippen LogP contribution in [0.5, 0.6) is 0 Å². The number of benzene rings is 1. The number of hydrogen-bond acceptors (Lipinski definition) is 1. The van der Waals surface area contributed by atoms with Crippen molar-refractivity contribution in [3.8, 4) is 0 Å². The molecule has 2 unspecified atom stereocenters. The Bertz CT molecular complexity index is 396. The zero-order valence-electron chi connectivity index (χ0n) is 10.2. The molecule has 16 heavy (non-hydrogen) atoms. The fraction of sp³-hybridized carbons (Fsp3) is 0.500. The molecule has 0 bridgehead atoms. The van der Waals surface area contributed by atoms with Crippen LogP contribution < -0.4 is 5.32 Å². The van der Waals surface area contributed by atoms with Gasteiger partial charge < -0.3 is 5.32 Å². The van der Waals surface area contributed by atoms with E-state index in [9.17, 15) is 4.79 Å². The molecule has 0 aliphatic carbocycles. The lowest BCUT2D eigenvalue weighted by Crippen LogP contribution is -2.37. The summed E-state index contributed by atoms with van der Waals surface area (Å²) in [6.45, 7) is 6.36. The van der Waals surface area contributed by atoms with Crippen molar-refractivity contribution < 1.29 is 4.79 Å². The van der Waals surface area contributed by atoms with Crippen LogP contribution in [0.1, 0.15) is 37.8 Å². The van der Waals surface area contributed by atoms with Gasteiger partial charge in [-0.2, -0.15) is 0 Å². The fourth-order valence-electron chi connectivity index (χ4n) is 2.74. The smallest absolute Gasteiger partial charge is 0.221 e. The number of carbonyl (C=O) groups is 1. The lowest BCUT2D eigenvalue weighted by molar-refractivity contribution is -0.119. The zero-order chi connectivity index (χ0) is 11.8. The van der Waals surface area contributed by atoms with E-state index < -0.39 is 0 Å². The van der Waals surface area contributed by atoms with Gasteiger partial charge in [0.05, 0.1) is 0 Å². The highest BCUT2D eigenvalue weighted by Crippen LogP contribution is 2.38. The third kappa shape index (κ3) is 1.62. The standard InChI is InChI=1S/C14H19NO/c1-4-14(9-13(16)15-11(14)3)12-7-5-10(2)6-8-12/h5-8,11H,4,9H2,1-3H3,(H,15,16). The van der Waals surface area contributed by atoms with Gasteiger partial charge in [0.1, 0.15) is 0 Å². The molecule has 0 radical (unpaired) electrons. The fourth-order valence-corrected chi connectivity index (χ4v) is 2.74. The first-order valence-corrected chi connectivity index (χ1v) is 5.95. The second-order valence-corrected chi connectivity index (χ2v) is 4.84. The predicted molar refractivity (Wildman–Crippen MR) is 65.4 cm³/mol. The highest BCUT2D eigenvalue weighted by atomic mass is 16.2. The Labute approximate surface area is 97.1 Å². The van der Waals surface area contributed by atoms with Crippen LogP contribution in [0.3, 0.4) is 0 Å². The molecule has 0 aromatic heterocycles. The van der Waals surface area contributed by atoms with Gasteiger partial charge in [-0.05, 0) is 25.8 Å². The van der Waals surface area contributed by atoms with Crippen LogP contribution in [0, 0.1) is 6.92 Å². The first-order valence-electron chi connectivity index (χ1n) is 5.95. The number of rotatable bonds is 2. The summed E-state index contributed by atoms with van der Waals surface area (Å²) in [5.41, 5.74) is 2.54. The van der Waals surface area contributed by atoms with Crippen LogP contribution in [0.4, 0.5) is 0 Å². The number of nitrogens with one attached hydrogen (secondary N) is 1. The van der Waals surface area contributed by atoms with E-state index >= 15 is 0 Å². The molecule has 1 amide bonds. The van der Waals surface area contributed by atoms with E-state index in [-0.39, 0.29) is 17.4 Å². The van der Waals surface area contributed by atoms with E-state index in [1.165, 1.54) is 11.1 Å². The summed E-state index contributed by atoms with van der Waals surface area (Å²) in [5.74, 6) is 0.176. The molecule has 0 saturated carbocycles. The molecular weight excluding hydrogens is 198 g/mol.